The summed E-state index contributed by atoms with van der Waals surface area (Å²) in [4.78, 5) is 0. The maximum absolute atomic E-state index is 5.60. The molecule has 17 heavy (non-hydrogen) atoms. The molecule has 0 radical (unpaired) electrons. The fourth-order valence-electron chi connectivity index (χ4n) is 1.42. The van der Waals surface area contributed by atoms with E-state index in [-0.39, 0.29) is 0 Å². The number of ether oxygens (including phenoxy) is 1. The summed E-state index contributed by atoms with van der Waals surface area (Å²) >= 11 is 5.83. The monoisotopic (exact) mass is 411 g/mol. The van der Waals surface area contributed by atoms with Gasteiger partial charge in [-0.25, -0.2) is 0 Å². The fraction of sp³-hybridized carbons (Fsp3) is 0.538. The van der Waals surface area contributed by atoms with Crippen molar-refractivity contribution in [1.29, 1.82) is 0 Å². The molecule has 0 aliphatic rings. The molecule has 96 valence electrons. The number of halogens is 2. The maximum atomic E-state index is 5.60. The van der Waals surface area contributed by atoms with Gasteiger partial charge in [-0.2, -0.15) is 0 Å². The van der Waals surface area contributed by atoms with E-state index < -0.39 is 0 Å². The van der Waals surface area contributed by atoms with Crippen LogP contribution in [0.25, 0.3) is 0 Å². The van der Waals surface area contributed by atoms with Crippen LogP contribution in [0.2, 0.25) is 0 Å². The van der Waals surface area contributed by atoms with E-state index in [9.17, 15) is 0 Å². The molecule has 0 amide bonds. The van der Waals surface area contributed by atoms with Crippen LogP contribution in [0, 0.1) is 0 Å². The molecule has 0 aliphatic heterocycles. The van der Waals surface area contributed by atoms with Gasteiger partial charge in [0.05, 0.1) is 0 Å². The Morgan fingerprint density at radius 1 is 1.06 bits per heavy atom. The minimum Gasteiger partial charge on any atom is -0.492 e. The molecular formula is C13H19BrINO. The molecule has 0 saturated carbocycles. The topological polar surface area (TPSA) is 21.3 Å². The van der Waals surface area contributed by atoms with E-state index in [0.29, 0.717) is 0 Å². The number of hydrogen-bond donors (Lipinski definition) is 1. The zero-order valence-corrected chi connectivity index (χ0v) is 13.7. The number of benzene rings is 1. The van der Waals surface area contributed by atoms with E-state index in [2.05, 4.69) is 43.8 Å². The number of nitrogens with one attached hydrogen (secondary N) is 1. The van der Waals surface area contributed by atoms with Crippen molar-refractivity contribution >= 4 is 38.5 Å². The Bertz CT molecular complexity index is 292. The van der Waals surface area contributed by atoms with Crippen molar-refractivity contribution in [1.82, 2.24) is 5.32 Å². The maximum Gasteiger partial charge on any atom is 0.119 e. The summed E-state index contributed by atoms with van der Waals surface area (Å²) in [5, 5.41) is 3.39. The number of rotatable bonds is 9. The van der Waals surface area contributed by atoms with Gasteiger partial charge in [0, 0.05) is 11.0 Å². The molecule has 0 heterocycles. The molecule has 0 bridgehead atoms. The molecule has 4 heteroatoms. The summed E-state index contributed by atoms with van der Waals surface area (Å²) in [6.45, 7) is 2.74. The number of hydrogen-bond acceptors (Lipinski definition) is 2. The Labute approximate surface area is 126 Å². The van der Waals surface area contributed by atoms with E-state index in [0.717, 1.165) is 29.9 Å². The second kappa shape index (κ2) is 10.1. The first-order valence-electron chi connectivity index (χ1n) is 5.98. The minimum absolute atomic E-state index is 0.730. The lowest BCUT2D eigenvalue weighted by molar-refractivity contribution is 0.313. The van der Waals surface area contributed by atoms with E-state index in [1.54, 1.807) is 0 Å². The van der Waals surface area contributed by atoms with Crippen LogP contribution in [0.5, 0.6) is 5.75 Å². The van der Waals surface area contributed by atoms with Gasteiger partial charge in [-0.15, -0.1) is 0 Å². The minimum atomic E-state index is 0.730. The Kier molecular flexibility index (Phi) is 9.10. The fourth-order valence-corrected chi connectivity index (χ4v) is 2.22. The van der Waals surface area contributed by atoms with Crippen LogP contribution in [0.3, 0.4) is 0 Å². The van der Waals surface area contributed by atoms with Gasteiger partial charge in [0.15, 0.2) is 0 Å². The van der Waals surface area contributed by atoms with Crippen molar-refractivity contribution in [2.24, 2.45) is 0 Å². The zero-order chi connectivity index (χ0) is 12.3. The van der Waals surface area contributed by atoms with E-state index in [1.807, 2.05) is 24.3 Å². The first-order chi connectivity index (χ1) is 8.33. The van der Waals surface area contributed by atoms with E-state index >= 15 is 0 Å². The Morgan fingerprint density at radius 2 is 1.82 bits per heavy atom. The van der Waals surface area contributed by atoms with Crippen LogP contribution in [-0.4, -0.2) is 24.1 Å². The van der Waals surface area contributed by atoms with Gasteiger partial charge < -0.3 is 10.1 Å². The third-order valence-corrected chi connectivity index (χ3v) is 3.64. The van der Waals surface area contributed by atoms with Gasteiger partial charge >= 0.3 is 0 Å². The van der Waals surface area contributed by atoms with E-state index in [4.69, 9.17) is 4.74 Å². The summed E-state index contributed by atoms with van der Waals surface area (Å²) in [6, 6.07) is 7.94. The van der Waals surface area contributed by atoms with Crippen molar-refractivity contribution in [2.45, 2.75) is 19.3 Å². The molecule has 0 aliphatic carbocycles. The molecule has 1 rings (SSSR count). The van der Waals surface area contributed by atoms with Gasteiger partial charge in [-0.3, -0.25) is 0 Å². The second-order valence-corrected chi connectivity index (χ2v) is 5.80. The molecule has 0 aromatic heterocycles. The second-order valence-electron chi connectivity index (χ2n) is 3.80. The molecule has 0 spiro atoms. The predicted molar refractivity (Wildman–Crippen MR) is 85.2 cm³/mol. The van der Waals surface area contributed by atoms with Crippen molar-refractivity contribution in [3.05, 3.63) is 28.7 Å². The van der Waals surface area contributed by atoms with Crippen LogP contribution in [-0.2, 0) is 0 Å². The molecule has 0 saturated heterocycles. The molecule has 1 aromatic carbocycles. The van der Waals surface area contributed by atoms with Gasteiger partial charge in [0.1, 0.15) is 12.4 Å². The normalized spacial score (nSPS) is 10.5. The highest BCUT2D eigenvalue weighted by atomic mass is 127. The summed E-state index contributed by atoms with van der Waals surface area (Å²) in [7, 11) is 0. The zero-order valence-electron chi connectivity index (χ0n) is 9.92. The Hall–Kier alpha value is 0.190. The first kappa shape index (κ1) is 15.2. The lowest BCUT2D eigenvalue weighted by Crippen LogP contribution is -2.22. The SMILES string of the molecule is Brc1ccc(OCCNCCCCCI)cc1. The lowest BCUT2D eigenvalue weighted by atomic mass is 10.2. The van der Waals surface area contributed by atoms with Crippen LogP contribution in [0.1, 0.15) is 19.3 Å². The highest BCUT2D eigenvalue weighted by Crippen LogP contribution is 2.15. The molecule has 2 nitrogen and oxygen atoms in total. The molecule has 0 atom stereocenters. The quantitative estimate of drug-likeness (QED) is 0.376. The van der Waals surface area contributed by atoms with Crippen molar-refractivity contribution in [2.75, 3.05) is 24.1 Å². The summed E-state index contributed by atoms with van der Waals surface area (Å²) in [6.07, 6.45) is 3.92. The number of unbranched alkanes of at least 4 members (excludes halogenated alkanes) is 2. The summed E-state index contributed by atoms with van der Waals surface area (Å²) in [5.41, 5.74) is 0. The van der Waals surface area contributed by atoms with E-state index in [1.165, 1.54) is 23.7 Å². The van der Waals surface area contributed by atoms with Crippen molar-refractivity contribution < 1.29 is 4.74 Å². The Morgan fingerprint density at radius 3 is 2.53 bits per heavy atom. The Balaban J connectivity index is 1.95. The van der Waals surface area contributed by atoms with Crippen molar-refractivity contribution in [3.8, 4) is 5.75 Å². The highest BCUT2D eigenvalue weighted by molar-refractivity contribution is 14.1. The molecular weight excluding hydrogens is 393 g/mol. The summed E-state index contributed by atoms with van der Waals surface area (Å²) in [5.74, 6) is 0.930. The van der Waals surface area contributed by atoms with Crippen LogP contribution < -0.4 is 10.1 Å². The average Bonchev–Trinajstić information content (AvgIpc) is 2.35. The summed E-state index contributed by atoms with van der Waals surface area (Å²) < 4.78 is 7.95. The van der Waals surface area contributed by atoms with Crippen LogP contribution >= 0.6 is 38.5 Å². The first-order valence-corrected chi connectivity index (χ1v) is 8.30. The standard InChI is InChI=1S/C13H19BrINO/c14-12-4-6-13(7-5-12)17-11-10-16-9-3-1-2-8-15/h4-7,16H,1-3,8-11H2. The molecule has 0 fully saturated rings. The van der Waals surface area contributed by atoms with Crippen molar-refractivity contribution in [3.63, 3.8) is 0 Å². The number of alkyl halides is 1. The molecule has 0 unspecified atom stereocenters. The third-order valence-electron chi connectivity index (χ3n) is 2.35. The van der Waals surface area contributed by atoms with Gasteiger partial charge in [-0.05, 0) is 48.1 Å². The van der Waals surface area contributed by atoms with Crippen LogP contribution in [0.4, 0.5) is 0 Å². The molecule has 1 aromatic rings. The average molecular weight is 412 g/mol. The largest absolute Gasteiger partial charge is 0.492 e. The highest BCUT2D eigenvalue weighted by Gasteiger charge is 1.93. The third kappa shape index (κ3) is 8.00. The van der Waals surface area contributed by atoms with Gasteiger partial charge in [0.2, 0.25) is 0 Å². The lowest BCUT2D eigenvalue weighted by Gasteiger charge is -2.07. The van der Waals surface area contributed by atoms with Crippen LogP contribution in [0.15, 0.2) is 28.7 Å². The van der Waals surface area contributed by atoms with Gasteiger partial charge in [-0.1, -0.05) is 44.9 Å². The smallest absolute Gasteiger partial charge is 0.119 e. The van der Waals surface area contributed by atoms with Gasteiger partial charge in [0.25, 0.3) is 0 Å². The molecule has 1 N–H and O–H groups in total. The predicted octanol–water partition coefficient (Wildman–Crippen LogP) is 4.02.